The maximum atomic E-state index is 10.9. The second-order valence-electron chi connectivity index (χ2n) is 5.92. The third-order valence-corrected chi connectivity index (χ3v) is 4.97. The van der Waals surface area contributed by atoms with Gasteiger partial charge in [-0.25, -0.2) is 0 Å². The number of hydrogen-bond donors (Lipinski definition) is 2. The van der Waals surface area contributed by atoms with Crippen molar-refractivity contribution in [2.24, 2.45) is 0 Å². The Kier molecular flexibility index (Phi) is 4.26. The smallest absolute Gasteiger partial charge is 0.108 e. The molecule has 0 aliphatic heterocycles. The number of fused-ring (bicyclic) bond motifs is 1. The van der Waals surface area contributed by atoms with Gasteiger partial charge in [0, 0.05) is 39.1 Å². The molecular formula is C21H15Cl2NO. The molecule has 3 aromatic carbocycles. The van der Waals surface area contributed by atoms with E-state index in [1.807, 2.05) is 30.6 Å². The van der Waals surface area contributed by atoms with Crippen LogP contribution in [0.3, 0.4) is 0 Å². The van der Waals surface area contributed by atoms with Crippen LogP contribution < -0.4 is 0 Å². The van der Waals surface area contributed by atoms with E-state index in [9.17, 15) is 5.11 Å². The van der Waals surface area contributed by atoms with Crippen molar-refractivity contribution in [3.05, 3.63) is 94.2 Å². The molecule has 0 radical (unpaired) electrons. The lowest BCUT2D eigenvalue weighted by Gasteiger charge is -2.15. The number of H-pyrrole nitrogens is 1. The van der Waals surface area contributed by atoms with Crippen LogP contribution in [0.4, 0.5) is 0 Å². The topological polar surface area (TPSA) is 36.0 Å². The second kappa shape index (κ2) is 6.57. The first-order valence-electron chi connectivity index (χ1n) is 7.93. The van der Waals surface area contributed by atoms with Crippen molar-refractivity contribution in [3.8, 4) is 11.1 Å². The zero-order valence-electron chi connectivity index (χ0n) is 13.2. The Morgan fingerprint density at radius 3 is 2.44 bits per heavy atom. The van der Waals surface area contributed by atoms with E-state index in [1.54, 1.807) is 18.2 Å². The van der Waals surface area contributed by atoms with E-state index in [0.29, 0.717) is 15.6 Å². The number of halogens is 2. The van der Waals surface area contributed by atoms with Gasteiger partial charge in [0.25, 0.3) is 0 Å². The van der Waals surface area contributed by atoms with Crippen LogP contribution in [-0.2, 0) is 0 Å². The molecular weight excluding hydrogens is 353 g/mol. The van der Waals surface area contributed by atoms with Crippen LogP contribution in [0.15, 0.2) is 73.1 Å². The van der Waals surface area contributed by atoms with Crippen molar-refractivity contribution in [2.45, 2.75) is 6.10 Å². The zero-order chi connectivity index (χ0) is 17.4. The summed E-state index contributed by atoms with van der Waals surface area (Å²) in [5.74, 6) is 0. The Bertz CT molecular complexity index is 1050. The number of aromatic nitrogens is 1. The molecule has 0 bridgehead atoms. The first-order chi connectivity index (χ1) is 12.1. The number of benzene rings is 3. The number of aromatic amines is 1. The van der Waals surface area contributed by atoms with Crippen LogP contribution in [0.5, 0.6) is 0 Å². The maximum absolute atomic E-state index is 10.9. The summed E-state index contributed by atoms with van der Waals surface area (Å²) in [6, 6.07) is 19.5. The van der Waals surface area contributed by atoms with Gasteiger partial charge in [-0.05, 0) is 28.5 Å². The molecule has 0 saturated carbocycles. The van der Waals surface area contributed by atoms with Gasteiger partial charge >= 0.3 is 0 Å². The van der Waals surface area contributed by atoms with Crippen LogP contribution in [0.25, 0.3) is 21.9 Å². The van der Waals surface area contributed by atoms with Gasteiger partial charge in [0.05, 0.1) is 0 Å². The molecule has 25 heavy (non-hydrogen) atoms. The van der Waals surface area contributed by atoms with Crippen molar-refractivity contribution in [3.63, 3.8) is 0 Å². The van der Waals surface area contributed by atoms with Crippen LogP contribution in [0, 0.1) is 0 Å². The van der Waals surface area contributed by atoms with Gasteiger partial charge in [0.1, 0.15) is 6.10 Å². The minimum atomic E-state index is -0.843. The molecule has 4 rings (SSSR count). The largest absolute Gasteiger partial charge is 0.384 e. The number of nitrogens with one attached hydrogen (secondary N) is 1. The number of aliphatic hydroxyl groups excluding tert-OH is 1. The first kappa shape index (κ1) is 16.2. The number of hydrogen-bond acceptors (Lipinski definition) is 1. The molecule has 0 spiro atoms. The molecule has 0 fully saturated rings. The SMILES string of the molecule is OC(c1ccc(Cl)cc1Cl)c1c[nH]cc1-c1cccc2ccccc12. The summed E-state index contributed by atoms with van der Waals surface area (Å²) in [4.78, 5) is 3.11. The molecule has 0 saturated heterocycles. The highest BCUT2D eigenvalue weighted by atomic mass is 35.5. The van der Waals surface area contributed by atoms with E-state index in [0.717, 1.165) is 27.5 Å². The molecule has 0 aliphatic carbocycles. The average molecular weight is 368 g/mol. The van der Waals surface area contributed by atoms with E-state index in [2.05, 4.69) is 29.2 Å². The lowest BCUT2D eigenvalue weighted by atomic mass is 9.93. The van der Waals surface area contributed by atoms with Crippen molar-refractivity contribution < 1.29 is 5.11 Å². The van der Waals surface area contributed by atoms with Gasteiger partial charge in [-0.1, -0.05) is 71.7 Å². The Morgan fingerprint density at radius 1 is 0.800 bits per heavy atom. The fourth-order valence-corrected chi connectivity index (χ4v) is 3.70. The predicted molar refractivity (Wildman–Crippen MR) is 104 cm³/mol. The Balaban J connectivity index is 1.85. The second-order valence-corrected chi connectivity index (χ2v) is 6.76. The molecule has 4 heteroatoms. The molecule has 2 nitrogen and oxygen atoms in total. The van der Waals surface area contributed by atoms with Gasteiger partial charge < -0.3 is 10.1 Å². The molecule has 0 amide bonds. The normalized spacial score (nSPS) is 12.4. The van der Waals surface area contributed by atoms with Gasteiger partial charge in [0.15, 0.2) is 0 Å². The van der Waals surface area contributed by atoms with Crippen LogP contribution in [0.1, 0.15) is 17.2 Å². The van der Waals surface area contributed by atoms with Crippen LogP contribution >= 0.6 is 23.2 Å². The van der Waals surface area contributed by atoms with Crippen molar-refractivity contribution in [1.29, 1.82) is 0 Å². The summed E-state index contributed by atoms with van der Waals surface area (Å²) in [6.45, 7) is 0. The van der Waals surface area contributed by atoms with Crippen LogP contribution in [0.2, 0.25) is 10.0 Å². The lowest BCUT2D eigenvalue weighted by molar-refractivity contribution is 0.221. The van der Waals surface area contributed by atoms with Crippen molar-refractivity contribution >= 4 is 34.0 Å². The van der Waals surface area contributed by atoms with E-state index >= 15 is 0 Å². The van der Waals surface area contributed by atoms with E-state index < -0.39 is 6.10 Å². The molecule has 0 aliphatic rings. The Hall–Kier alpha value is -2.26. The van der Waals surface area contributed by atoms with Crippen molar-refractivity contribution in [2.75, 3.05) is 0 Å². The summed E-state index contributed by atoms with van der Waals surface area (Å²) in [5, 5.41) is 14.2. The van der Waals surface area contributed by atoms with E-state index in [1.165, 1.54) is 0 Å². The average Bonchev–Trinajstić information content (AvgIpc) is 3.10. The fraction of sp³-hybridized carbons (Fsp3) is 0.0476. The fourth-order valence-electron chi connectivity index (χ4n) is 3.19. The van der Waals surface area contributed by atoms with Gasteiger partial charge in [-0.15, -0.1) is 0 Å². The van der Waals surface area contributed by atoms with Gasteiger partial charge in [-0.2, -0.15) is 0 Å². The van der Waals surface area contributed by atoms with Crippen molar-refractivity contribution in [1.82, 2.24) is 4.98 Å². The van der Waals surface area contributed by atoms with Crippen LogP contribution in [-0.4, -0.2) is 10.1 Å². The maximum Gasteiger partial charge on any atom is 0.108 e. The third kappa shape index (κ3) is 2.93. The highest BCUT2D eigenvalue weighted by Crippen LogP contribution is 2.37. The lowest BCUT2D eigenvalue weighted by Crippen LogP contribution is -2.01. The molecule has 1 heterocycles. The Labute approximate surface area is 155 Å². The highest BCUT2D eigenvalue weighted by Gasteiger charge is 2.20. The standard InChI is InChI=1S/C21H15Cl2NO/c22-14-8-9-17(20(23)10-14)21(25)19-12-24-11-18(19)16-7-3-5-13-4-1-2-6-15(13)16/h1-12,21,24-25H. The van der Waals surface area contributed by atoms with E-state index in [-0.39, 0.29) is 0 Å². The summed E-state index contributed by atoms with van der Waals surface area (Å²) >= 11 is 12.2. The van der Waals surface area contributed by atoms with Gasteiger partial charge in [0.2, 0.25) is 0 Å². The minimum absolute atomic E-state index is 0.449. The molecule has 124 valence electrons. The molecule has 1 atom stereocenters. The summed E-state index contributed by atoms with van der Waals surface area (Å²) in [6.07, 6.45) is 2.88. The molecule has 4 aromatic rings. The molecule has 1 unspecified atom stereocenters. The number of rotatable bonds is 3. The minimum Gasteiger partial charge on any atom is -0.384 e. The van der Waals surface area contributed by atoms with E-state index in [4.69, 9.17) is 23.2 Å². The highest BCUT2D eigenvalue weighted by molar-refractivity contribution is 6.35. The predicted octanol–water partition coefficient (Wildman–Crippen LogP) is 6.22. The summed E-state index contributed by atoms with van der Waals surface area (Å²) in [5.41, 5.74) is 3.43. The van der Waals surface area contributed by atoms with Gasteiger partial charge in [-0.3, -0.25) is 0 Å². The molecule has 2 N–H and O–H groups in total. The summed E-state index contributed by atoms with van der Waals surface area (Å²) in [7, 11) is 0. The first-order valence-corrected chi connectivity index (χ1v) is 8.68. The Morgan fingerprint density at radius 2 is 1.60 bits per heavy atom. The summed E-state index contributed by atoms with van der Waals surface area (Å²) < 4.78 is 0. The zero-order valence-corrected chi connectivity index (χ0v) is 14.7. The monoisotopic (exact) mass is 367 g/mol. The quantitative estimate of drug-likeness (QED) is 0.442. The number of aliphatic hydroxyl groups is 1. The molecule has 1 aromatic heterocycles. The third-order valence-electron chi connectivity index (χ3n) is 4.41.